The number of rotatable bonds is 5. The van der Waals surface area contributed by atoms with E-state index in [0.717, 1.165) is 12.8 Å². The highest BCUT2D eigenvalue weighted by Gasteiger charge is 2.24. The third-order valence-electron chi connectivity index (χ3n) is 3.50. The summed E-state index contributed by atoms with van der Waals surface area (Å²) in [5.74, 6) is -0.973. The third kappa shape index (κ3) is 4.06. The van der Waals surface area contributed by atoms with Gasteiger partial charge in [-0.05, 0) is 24.3 Å². The van der Waals surface area contributed by atoms with Crippen LogP contribution < -0.4 is 5.32 Å². The summed E-state index contributed by atoms with van der Waals surface area (Å²) in [6.07, 6.45) is 2.08. The van der Waals surface area contributed by atoms with E-state index in [1.54, 1.807) is 24.3 Å². The van der Waals surface area contributed by atoms with Gasteiger partial charge in [-0.1, -0.05) is 30.3 Å². The quantitative estimate of drug-likeness (QED) is 0.859. The Morgan fingerprint density at radius 2 is 1.90 bits per heavy atom. The van der Waals surface area contributed by atoms with Crippen molar-refractivity contribution < 1.29 is 19.4 Å². The van der Waals surface area contributed by atoms with Crippen molar-refractivity contribution in [3.63, 3.8) is 0 Å². The minimum absolute atomic E-state index is 0.215. The van der Waals surface area contributed by atoms with Crippen molar-refractivity contribution >= 4 is 11.9 Å². The van der Waals surface area contributed by atoms with Gasteiger partial charge in [-0.25, -0.2) is 4.79 Å². The minimum Gasteiger partial charge on any atom is -0.479 e. The van der Waals surface area contributed by atoms with E-state index < -0.39 is 12.0 Å². The van der Waals surface area contributed by atoms with Gasteiger partial charge in [-0.2, -0.15) is 0 Å². The lowest BCUT2D eigenvalue weighted by Crippen LogP contribution is -2.35. The molecule has 20 heavy (non-hydrogen) atoms. The van der Waals surface area contributed by atoms with Crippen LogP contribution in [-0.4, -0.2) is 30.2 Å². The zero-order valence-electron chi connectivity index (χ0n) is 11.2. The monoisotopic (exact) mass is 277 g/mol. The summed E-state index contributed by atoms with van der Waals surface area (Å²) in [7, 11) is 0. The molecule has 1 heterocycles. The lowest BCUT2D eigenvalue weighted by molar-refractivity contribution is -0.142. The van der Waals surface area contributed by atoms with E-state index in [9.17, 15) is 14.7 Å². The van der Waals surface area contributed by atoms with Crippen LogP contribution in [0, 0.1) is 5.92 Å². The molecule has 1 atom stereocenters. The smallest absolute Gasteiger partial charge is 0.330 e. The Balaban J connectivity index is 1.94. The minimum atomic E-state index is -1.04. The molecule has 0 aromatic heterocycles. The van der Waals surface area contributed by atoms with Gasteiger partial charge in [0.05, 0.1) is 0 Å². The number of amides is 1. The molecule has 1 fully saturated rings. The van der Waals surface area contributed by atoms with Gasteiger partial charge in [-0.15, -0.1) is 0 Å². The average molecular weight is 277 g/mol. The van der Waals surface area contributed by atoms with Crippen LogP contribution in [0.3, 0.4) is 0 Å². The zero-order valence-corrected chi connectivity index (χ0v) is 11.2. The van der Waals surface area contributed by atoms with Gasteiger partial charge in [0.15, 0.2) is 6.04 Å². The van der Waals surface area contributed by atoms with E-state index >= 15 is 0 Å². The predicted molar refractivity (Wildman–Crippen MR) is 73.1 cm³/mol. The number of carboxylic acids is 1. The first kappa shape index (κ1) is 14.5. The maximum absolute atomic E-state index is 12.0. The van der Waals surface area contributed by atoms with E-state index in [1.165, 1.54) is 0 Å². The van der Waals surface area contributed by atoms with Crippen LogP contribution in [0.2, 0.25) is 0 Å². The van der Waals surface area contributed by atoms with Crippen LogP contribution in [0.5, 0.6) is 0 Å². The first-order valence-electron chi connectivity index (χ1n) is 6.81. The molecule has 0 unspecified atom stereocenters. The Kier molecular flexibility index (Phi) is 5.12. The molecule has 0 saturated carbocycles. The van der Waals surface area contributed by atoms with Crippen LogP contribution in [-0.2, 0) is 14.3 Å². The SMILES string of the molecule is O=C(CC1CCOCC1)N[C@H](C(=O)O)c1ccccc1. The van der Waals surface area contributed by atoms with Gasteiger partial charge in [0.1, 0.15) is 0 Å². The summed E-state index contributed by atoms with van der Waals surface area (Å²) in [6.45, 7) is 1.36. The highest BCUT2D eigenvalue weighted by Crippen LogP contribution is 2.19. The summed E-state index contributed by atoms with van der Waals surface area (Å²) >= 11 is 0. The first-order valence-corrected chi connectivity index (χ1v) is 6.81. The topological polar surface area (TPSA) is 75.6 Å². The van der Waals surface area contributed by atoms with Gasteiger partial charge in [0.25, 0.3) is 0 Å². The lowest BCUT2D eigenvalue weighted by atomic mass is 9.96. The molecular formula is C15H19NO4. The van der Waals surface area contributed by atoms with Crippen molar-refractivity contribution in [2.45, 2.75) is 25.3 Å². The molecular weight excluding hydrogens is 258 g/mol. The van der Waals surface area contributed by atoms with Crippen molar-refractivity contribution in [3.05, 3.63) is 35.9 Å². The number of carboxylic acid groups (broad SMARTS) is 1. The maximum Gasteiger partial charge on any atom is 0.330 e. The van der Waals surface area contributed by atoms with Crippen molar-refractivity contribution in [1.29, 1.82) is 0 Å². The van der Waals surface area contributed by atoms with Crippen LogP contribution in [0.1, 0.15) is 30.9 Å². The van der Waals surface area contributed by atoms with E-state index in [0.29, 0.717) is 25.2 Å². The summed E-state index contributed by atoms with van der Waals surface area (Å²) in [5.41, 5.74) is 0.584. The molecule has 0 bridgehead atoms. The van der Waals surface area contributed by atoms with Crippen molar-refractivity contribution in [2.24, 2.45) is 5.92 Å². The molecule has 0 radical (unpaired) electrons. The number of hydrogen-bond acceptors (Lipinski definition) is 3. The van der Waals surface area contributed by atoms with Crippen LogP contribution in [0.4, 0.5) is 0 Å². The van der Waals surface area contributed by atoms with Crippen molar-refractivity contribution in [1.82, 2.24) is 5.32 Å². The standard InChI is InChI=1S/C15H19NO4/c17-13(10-11-6-8-20-9-7-11)16-14(15(18)19)12-4-2-1-3-5-12/h1-5,11,14H,6-10H2,(H,16,17)(H,18,19)/t14-/m0/s1. The molecule has 108 valence electrons. The number of carbonyl (C=O) groups is 2. The van der Waals surface area contributed by atoms with Gasteiger partial charge < -0.3 is 15.2 Å². The Morgan fingerprint density at radius 1 is 1.25 bits per heavy atom. The van der Waals surface area contributed by atoms with Crippen molar-refractivity contribution in [3.8, 4) is 0 Å². The van der Waals surface area contributed by atoms with Crippen LogP contribution in [0.25, 0.3) is 0 Å². The van der Waals surface area contributed by atoms with Crippen LogP contribution in [0.15, 0.2) is 30.3 Å². The Hall–Kier alpha value is -1.88. The molecule has 1 amide bonds. The van der Waals surface area contributed by atoms with Gasteiger partial charge in [0, 0.05) is 19.6 Å². The van der Waals surface area contributed by atoms with Gasteiger partial charge in [0.2, 0.25) is 5.91 Å². The molecule has 1 aliphatic rings. The van der Waals surface area contributed by atoms with Crippen molar-refractivity contribution in [2.75, 3.05) is 13.2 Å². The molecule has 2 rings (SSSR count). The number of carbonyl (C=O) groups excluding carboxylic acids is 1. The number of benzene rings is 1. The molecule has 1 aromatic rings. The molecule has 0 aliphatic carbocycles. The second-order valence-electron chi connectivity index (χ2n) is 5.01. The van der Waals surface area contributed by atoms with Gasteiger partial charge >= 0.3 is 5.97 Å². The zero-order chi connectivity index (χ0) is 14.4. The van der Waals surface area contributed by atoms with Gasteiger partial charge in [-0.3, -0.25) is 4.79 Å². The highest BCUT2D eigenvalue weighted by molar-refractivity contribution is 5.84. The fraction of sp³-hybridized carbons (Fsp3) is 0.467. The lowest BCUT2D eigenvalue weighted by Gasteiger charge is -2.22. The Bertz CT molecular complexity index is 454. The first-order chi connectivity index (χ1) is 9.66. The summed E-state index contributed by atoms with van der Waals surface area (Å²) in [4.78, 5) is 23.3. The summed E-state index contributed by atoms with van der Waals surface area (Å²) in [5, 5.41) is 11.8. The normalized spacial score (nSPS) is 17.4. The summed E-state index contributed by atoms with van der Waals surface area (Å²) < 4.78 is 5.24. The third-order valence-corrected chi connectivity index (χ3v) is 3.50. The maximum atomic E-state index is 12.0. The van der Waals surface area contributed by atoms with Crippen LogP contribution >= 0.6 is 0 Å². The molecule has 1 aliphatic heterocycles. The Morgan fingerprint density at radius 3 is 2.50 bits per heavy atom. The average Bonchev–Trinajstić information content (AvgIpc) is 2.46. The molecule has 2 N–H and O–H groups in total. The second-order valence-corrected chi connectivity index (χ2v) is 5.01. The van der Waals surface area contributed by atoms with E-state index in [1.807, 2.05) is 6.07 Å². The second kappa shape index (κ2) is 7.05. The molecule has 0 spiro atoms. The van der Waals surface area contributed by atoms with E-state index in [4.69, 9.17) is 4.74 Å². The fourth-order valence-corrected chi connectivity index (χ4v) is 2.37. The molecule has 1 aromatic carbocycles. The largest absolute Gasteiger partial charge is 0.479 e. The number of aliphatic carboxylic acids is 1. The number of hydrogen-bond donors (Lipinski definition) is 2. The number of ether oxygens (including phenoxy) is 1. The molecule has 1 saturated heterocycles. The van der Waals surface area contributed by atoms with E-state index in [-0.39, 0.29) is 11.8 Å². The predicted octanol–water partition coefficient (Wildman–Crippen LogP) is 1.75. The summed E-state index contributed by atoms with van der Waals surface area (Å²) in [6, 6.07) is 7.75. The number of nitrogens with one attached hydrogen (secondary N) is 1. The molecule has 5 heteroatoms. The van der Waals surface area contributed by atoms with E-state index in [2.05, 4.69) is 5.32 Å². The molecule has 5 nitrogen and oxygen atoms in total. The Labute approximate surface area is 117 Å². The highest BCUT2D eigenvalue weighted by atomic mass is 16.5. The fourth-order valence-electron chi connectivity index (χ4n) is 2.37.